The van der Waals surface area contributed by atoms with Crippen LogP contribution in [0, 0.1) is 11.8 Å². The van der Waals surface area contributed by atoms with Gasteiger partial charge in [-0.25, -0.2) is 0 Å². The predicted octanol–water partition coefficient (Wildman–Crippen LogP) is 2.17. The molecule has 0 bridgehead atoms. The maximum absolute atomic E-state index is 5.66. The van der Waals surface area contributed by atoms with Crippen LogP contribution in [0.1, 0.15) is 19.8 Å². The van der Waals surface area contributed by atoms with Gasteiger partial charge >= 0.3 is 0 Å². The molecule has 1 aliphatic carbocycles. The van der Waals surface area contributed by atoms with Crippen LogP contribution in [0.5, 0.6) is 0 Å². The van der Waals surface area contributed by atoms with Gasteiger partial charge in [-0.05, 0) is 11.8 Å². The van der Waals surface area contributed by atoms with Crippen LogP contribution < -0.4 is 0 Å². The third kappa shape index (κ3) is 1.42. The van der Waals surface area contributed by atoms with Gasteiger partial charge in [-0.15, -0.1) is 0 Å². The normalized spacial score (nSPS) is 39.5. The topological polar surface area (TPSA) is 18.5 Å². The van der Waals surface area contributed by atoms with E-state index in [-0.39, 0.29) is 5.79 Å². The second-order valence-electron chi connectivity index (χ2n) is 3.91. The van der Waals surface area contributed by atoms with Gasteiger partial charge in [0.15, 0.2) is 5.79 Å². The molecule has 1 saturated carbocycles. The lowest BCUT2D eigenvalue weighted by molar-refractivity contribution is -0.153. The van der Waals surface area contributed by atoms with Gasteiger partial charge in [-0.2, -0.15) is 0 Å². The number of alkyl halides is 1. The lowest BCUT2D eigenvalue weighted by Gasteiger charge is -2.21. The van der Waals surface area contributed by atoms with Crippen LogP contribution in [0.3, 0.4) is 0 Å². The Hall–Kier alpha value is 0.400. The van der Waals surface area contributed by atoms with Gasteiger partial charge < -0.3 is 9.47 Å². The molecule has 1 aliphatic heterocycles. The van der Waals surface area contributed by atoms with Crippen LogP contribution >= 0.6 is 15.9 Å². The first-order valence-corrected chi connectivity index (χ1v) is 5.72. The van der Waals surface area contributed by atoms with Crippen molar-refractivity contribution in [1.82, 2.24) is 0 Å². The number of halogens is 1. The van der Waals surface area contributed by atoms with Crippen molar-refractivity contribution in [3.63, 3.8) is 0 Å². The standard InChI is InChI=1S/C9H15BrO2/c1-7-4-9(5-8(7)6-10)11-2-3-12-9/h7-8H,2-6H2,1H3/t7-,8+/m1/s1. The highest BCUT2D eigenvalue weighted by atomic mass is 79.9. The van der Waals surface area contributed by atoms with E-state index in [0.29, 0.717) is 0 Å². The fraction of sp³-hybridized carbons (Fsp3) is 1.00. The molecule has 0 aromatic carbocycles. The van der Waals surface area contributed by atoms with Crippen molar-refractivity contribution in [3.8, 4) is 0 Å². The average molecular weight is 235 g/mol. The molecule has 1 spiro atoms. The molecule has 0 amide bonds. The fourth-order valence-corrected chi connectivity index (χ4v) is 3.15. The van der Waals surface area contributed by atoms with Crippen molar-refractivity contribution < 1.29 is 9.47 Å². The summed E-state index contributed by atoms with van der Waals surface area (Å²) in [7, 11) is 0. The minimum Gasteiger partial charge on any atom is -0.348 e. The quantitative estimate of drug-likeness (QED) is 0.648. The summed E-state index contributed by atoms with van der Waals surface area (Å²) in [6.07, 6.45) is 2.14. The lowest BCUT2D eigenvalue weighted by atomic mass is 10.0. The molecule has 2 fully saturated rings. The lowest BCUT2D eigenvalue weighted by Crippen LogP contribution is -2.26. The Morgan fingerprint density at radius 1 is 1.33 bits per heavy atom. The molecule has 0 aromatic rings. The zero-order valence-electron chi connectivity index (χ0n) is 7.38. The zero-order chi connectivity index (χ0) is 8.60. The molecule has 2 nitrogen and oxygen atoms in total. The van der Waals surface area contributed by atoms with Crippen molar-refractivity contribution in [2.24, 2.45) is 11.8 Å². The van der Waals surface area contributed by atoms with Crippen molar-refractivity contribution in [1.29, 1.82) is 0 Å². The van der Waals surface area contributed by atoms with E-state index in [1.165, 1.54) is 0 Å². The van der Waals surface area contributed by atoms with Crippen LogP contribution in [-0.2, 0) is 9.47 Å². The first-order valence-electron chi connectivity index (χ1n) is 4.60. The molecule has 3 heteroatoms. The summed E-state index contributed by atoms with van der Waals surface area (Å²) in [5.74, 6) is 1.25. The Morgan fingerprint density at radius 3 is 2.50 bits per heavy atom. The van der Waals surface area contributed by atoms with Gasteiger partial charge in [0.05, 0.1) is 13.2 Å². The summed E-state index contributed by atoms with van der Waals surface area (Å²) in [6, 6.07) is 0. The van der Waals surface area contributed by atoms with Crippen LogP contribution in [0.2, 0.25) is 0 Å². The largest absolute Gasteiger partial charge is 0.348 e. The molecule has 2 atom stereocenters. The van der Waals surface area contributed by atoms with Gasteiger partial charge in [0, 0.05) is 18.2 Å². The number of rotatable bonds is 1. The van der Waals surface area contributed by atoms with E-state index in [0.717, 1.165) is 43.2 Å². The molecule has 12 heavy (non-hydrogen) atoms. The Kier molecular flexibility index (Phi) is 2.45. The van der Waals surface area contributed by atoms with E-state index in [4.69, 9.17) is 9.47 Å². The molecule has 0 unspecified atom stereocenters. The van der Waals surface area contributed by atoms with Gasteiger partial charge in [0.2, 0.25) is 0 Å². The van der Waals surface area contributed by atoms with E-state index in [9.17, 15) is 0 Å². The van der Waals surface area contributed by atoms with E-state index in [2.05, 4.69) is 22.9 Å². The SMILES string of the molecule is C[C@@H]1CC2(C[C@H]1CBr)OCCO2. The van der Waals surface area contributed by atoms with Gasteiger partial charge in [-0.3, -0.25) is 0 Å². The monoisotopic (exact) mass is 234 g/mol. The molecule has 70 valence electrons. The van der Waals surface area contributed by atoms with Crippen LogP contribution in [0.4, 0.5) is 0 Å². The minimum atomic E-state index is -0.197. The van der Waals surface area contributed by atoms with Gasteiger partial charge in [0.25, 0.3) is 0 Å². The Labute approximate surface area is 81.7 Å². The van der Waals surface area contributed by atoms with Crippen molar-refractivity contribution in [2.45, 2.75) is 25.6 Å². The van der Waals surface area contributed by atoms with Crippen LogP contribution in [0.25, 0.3) is 0 Å². The van der Waals surface area contributed by atoms with Crippen LogP contribution in [-0.4, -0.2) is 24.3 Å². The summed E-state index contributed by atoms with van der Waals surface area (Å²) in [5, 5.41) is 1.07. The molecular formula is C9H15BrO2. The molecule has 2 aliphatic rings. The second kappa shape index (κ2) is 3.28. The zero-order valence-corrected chi connectivity index (χ0v) is 8.97. The van der Waals surface area contributed by atoms with Gasteiger partial charge in [0.1, 0.15) is 0 Å². The Balaban J connectivity index is 2.03. The molecule has 1 saturated heterocycles. The van der Waals surface area contributed by atoms with E-state index in [1.54, 1.807) is 0 Å². The number of hydrogen-bond donors (Lipinski definition) is 0. The first kappa shape index (κ1) is 8.97. The first-order chi connectivity index (χ1) is 5.76. The average Bonchev–Trinajstić information content (AvgIpc) is 2.60. The van der Waals surface area contributed by atoms with Crippen LogP contribution in [0.15, 0.2) is 0 Å². The smallest absolute Gasteiger partial charge is 0.169 e. The highest BCUT2D eigenvalue weighted by Crippen LogP contribution is 2.44. The Bertz CT molecular complexity index is 166. The van der Waals surface area contributed by atoms with E-state index in [1.807, 2.05) is 0 Å². The third-order valence-electron chi connectivity index (χ3n) is 3.02. The number of hydrogen-bond acceptors (Lipinski definition) is 2. The summed E-state index contributed by atoms with van der Waals surface area (Å²) in [4.78, 5) is 0. The Morgan fingerprint density at radius 2 is 2.00 bits per heavy atom. The maximum Gasteiger partial charge on any atom is 0.169 e. The summed E-state index contributed by atoms with van der Waals surface area (Å²) >= 11 is 3.54. The maximum atomic E-state index is 5.66. The molecule has 1 heterocycles. The summed E-state index contributed by atoms with van der Waals surface area (Å²) in [6.45, 7) is 3.84. The molecule has 2 rings (SSSR count). The van der Waals surface area contributed by atoms with Gasteiger partial charge in [-0.1, -0.05) is 22.9 Å². The fourth-order valence-electron chi connectivity index (χ4n) is 2.28. The molecular weight excluding hydrogens is 220 g/mol. The molecule has 0 aromatic heterocycles. The van der Waals surface area contributed by atoms with Crippen molar-refractivity contribution >= 4 is 15.9 Å². The molecule has 0 radical (unpaired) electrons. The second-order valence-corrected chi connectivity index (χ2v) is 4.56. The molecule has 0 N–H and O–H groups in total. The predicted molar refractivity (Wildman–Crippen MR) is 50.3 cm³/mol. The summed E-state index contributed by atoms with van der Waals surface area (Å²) < 4.78 is 11.3. The highest BCUT2D eigenvalue weighted by Gasteiger charge is 2.47. The van der Waals surface area contributed by atoms with Crippen molar-refractivity contribution in [3.05, 3.63) is 0 Å². The highest BCUT2D eigenvalue weighted by molar-refractivity contribution is 9.09. The van der Waals surface area contributed by atoms with E-state index < -0.39 is 0 Å². The third-order valence-corrected chi connectivity index (χ3v) is 3.85. The van der Waals surface area contributed by atoms with E-state index >= 15 is 0 Å². The minimum absolute atomic E-state index is 0.197. The summed E-state index contributed by atoms with van der Waals surface area (Å²) in [5.41, 5.74) is 0. The number of ether oxygens (including phenoxy) is 2. The van der Waals surface area contributed by atoms with Crippen molar-refractivity contribution in [2.75, 3.05) is 18.5 Å².